The van der Waals surface area contributed by atoms with Gasteiger partial charge in [-0.1, -0.05) is 11.9 Å². The Bertz CT molecular complexity index is 1140. The van der Waals surface area contributed by atoms with E-state index in [1.165, 1.54) is 12.1 Å². The summed E-state index contributed by atoms with van der Waals surface area (Å²) in [5.74, 6) is -0.240. The number of pyridine rings is 1. The van der Waals surface area contributed by atoms with Gasteiger partial charge in [-0.3, -0.25) is 4.72 Å². The minimum absolute atomic E-state index is 0.240. The molecule has 5 nitrogen and oxygen atoms in total. The Kier molecular flexibility index (Phi) is 5.31. The molecule has 0 spiro atoms. The minimum atomic E-state index is -0.240. The smallest absolute Gasteiger partial charge is 0.137 e. The van der Waals surface area contributed by atoms with Crippen molar-refractivity contribution in [2.24, 2.45) is 0 Å². The Morgan fingerprint density at radius 3 is 2.63 bits per heavy atom. The molecule has 0 atom stereocenters. The van der Waals surface area contributed by atoms with Crippen molar-refractivity contribution in [3.05, 3.63) is 60.9 Å². The second-order valence-electron chi connectivity index (χ2n) is 7.78. The van der Waals surface area contributed by atoms with E-state index >= 15 is 0 Å². The molecule has 0 aliphatic heterocycles. The summed E-state index contributed by atoms with van der Waals surface area (Å²) in [5.41, 5.74) is 4.84. The Hall–Kier alpha value is -2.64. The first kappa shape index (κ1) is 19.3. The van der Waals surface area contributed by atoms with Gasteiger partial charge in [0.05, 0.1) is 17.7 Å². The second kappa shape index (κ2) is 8.24. The normalized spacial score (nSPS) is 19.4. The molecular formula is C23H24FN5S. The molecule has 7 heteroatoms. The number of fused-ring (bicyclic) bond motifs is 1. The van der Waals surface area contributed by atoms with Crippen LogP contribution in [0, 0.1) is 5.82 Å². The summed E-state index contributed by atoms with van der Waals surface area (Å²) >= 11 is 1.70. The van der Waals surface area contributed by atoms with E-state index in [1.807, 2.05) is 18.7 Å². The van der Waals surface area contributed by atoms with Crippen molar-refractivity contribution in [3.63, 3.8) is 0 Å². The van der Waals surface area contributed by atoms with Gasteiger partial charge in [-0.2, -0.15) is 0 Å². The van der Waals surface area contributed by atoms with Crippen molar-refractivity contribution in [3.8, 4) is 22.5 Å². The largest absolute Gasteiger partial charge is 0.346 e. The van der Waals surface area contributed by atoms with Crippen molar-refractivity contribution in [2.45, 2.75) is 37.8 Å². The lowest BCUT2D eigenvalue weighted by molar-refractivity contribution is 0.316. The van der Waals surface area contributed by atoms with Gasteiger partial charge in [0.15, 0.2) is 0 Å². The van der Waals surface area contributed by atoms with E-state index in [9.17, 15) is 4.39 Å². The topological polar surface area (TPSA) is 58.5 Å². The summed E-state index contributed by atoms with van der Waals surface area (Å²) in [6.07, 6.45) is 12.3. The van der Waals surface area contributed by atoms with Crippen LogP contribution in [0.25, 0.3) is 33.5 Å². The summed E-state index contributed by atoms with van der Waals surface area (Å²) in [4.78, 5) is 12.5. The molecule has 30 heavy (non-hydrogen) atoms. The Balaban J connectivity index is 1.62. The number of aromatic nitrogens is 4. The van der Waals surface area contributed by atoms with Crippen LogP contribution < -0.4 is 4.72 Å². The molecule has 0 bridgehead atoms. The average Bonchev–Trinajstić information content (AvgIpc) is 3.42. The van der Waals surface area contributed by atoms with Crippen LogP contribution in [-0.2, 0) is 0 Å². The highest BCUT2D eigenvalue weighted by Gasteiger charge is 2.26. The van der Waals surface area contributed by atoms with E-state index in [0.29, 0.717) is 12.1 Å². The third-order valence-electron chi connectivity index (χ3n) is 6.00. The van der Waals surface area contributed by atoms with E-state index in [1.54, 1.807) is 24.1 Å². The number of aromatic amines is 1. The molecule has 4 aromatic rings. The number of rotatable bonds is 5. The van der Waals surface area contributed by atoms with E-state index in [4.69, 9.17) is 4.98 Å². The number of nitrogens with zero attached hydrogens (tertiary/aromatic N) is 3. The third-order valence-corrected chi connectivity index (χ3v) is 6.57. The van der Waals surface area contributed by atoms with Gasteiger partial charge in [0.25, 0.3) is 0 Å². The molecule has 1 aliphatic carbocycles. The molecule has 1 saturated carbocycles. The molecular weight excluding hydrogens is 397 g/mol. The summed E-state index contributed by atoms with van der Waals surface area (Å²) in [6, 6.07) is 11.7. The first-order valence-electron chi connectivity index (χ1n) is 10.3. The molecule has 3 heterocycles. The summed E-state index contributed by atoms with van der Waals surface area (Å²) < 4.78 is 19.4. The Morgan fingerprint density at radius 2 is 1.87 bits per heavy atom. The SMILES string of the molecule is CSNC1CCC(n2cnc(-c3ccc(F)cc3)c2-c2ccnc3[nH]ccc23)CC1. The average molecular weight is 422 g/mol. The van der Waals surface area contributed by atoms with Gasteiger partial charge in [-0.25, -0.2) is 14.4 Å². The number of hydrogen-bond donors (Lipinski definition) is 2. The number of hydrogen-bond acceptors (Lipinski definition) is 4. The monoisotopic (exact) mass is 421 g/mol. The van der Waals surface area contributed by atoms with Gasteiger partial charge in [-0.15, -0.1) is 0 Å². The van der Waals surface area contributed by atoms with Gasteiger partial charge in [0, 0.05) is 41.0 Å². The van der Waals surface area contributed by atoms with Crippen LogP contribution in [0.5, 0.6) is 0 Å². The fourth-order valence-electron chi connectivity index (χ4n) is 4.53. The maximum atomic E-state index is 13.5. The van der Waals surface area contributed by atoms with Crippen molar-refractivity contribution in [1.29, 1.82) is 0 Å². The summed E-state index contributed by atoms with van der Waals surface area (Å²) in [6.45, 7) is 0. The standard InChI is InChI=1S/C23H24FN5S/c1-30-28-17-6-8-18(9-7-17)29-14-27-21(15-2-4-16(24)5-3-15)22(29)19-10-12-25-23-20(19)11-13-26-23/h2-5,10-14,17-18,28H,6-9H2,1H3,(H,25,26). The zero-order chi connectivity index (χ0) is 20.5. The number of imidazole rings is 1. The van der Waals surface area contributed by atoms with Crippen molar-refractivity contribution < 1.29 is 4.39 Å². The maximum Gasteiger partial charge on any atom is 0.137 e. The first-order chi connectivity index (χ1) is 14.7. The van der Waals surface area contributed by atoms with Crippen LogP contribution in [0.1, 0.15) is 31.7 Å². The lowest BCUT2D eigenvalue weighted by atomic mass is 9.91. The van der Waals surface area contributed by atoms with Gasteiger partial charge >= 0.3 is 0 Å². The molecule has 1 fully saturated rings. The molecule has 0 unspecified atom stereocenters. The van der Waals surface area contributed by atoms with Crippen LogP contribution in [0.4, 0.5) is 4.39 Å². The fraction of sp³-hybridized carbons (Fsp3) is 0.304. The number of benzene rings is 1. The van der Waals surface area contributed by atoms with Crippen molar-refractivity contribution in [1.82, 2.24) is 24.2 Å². The van der Waals surface area contributed by atoms with Gasteiger partial charge in [-0.05, 0) is 68.3 Å². The molecule has 0 saturated heterocycles. The highest BCUT2D eigenvalue weighted by atomic mass is 32.2. The van der Waals surface area contributed by atoms with E-state index < -0.39 is 0 Å². The third kappa shape index (κ3) is 3.52. The quantitative estimate of drug-likeness (QED) is 0.413. The van der Waals surface area contributed by atoms with Crippen LogP contribution >= 0.6 is 11.9 Å². The fourth-order valence-corrected chi connectivity index (χ4v) is 5.10. The predicted molar refractivity (Wildman–Crippen MR) is 121 cm³/mol. The van der Waals surface area contributed by atoms with Gasteiger partial charge in [0.2, 0.25) is 0 Å². The van der Waals surface area contributed by atoms with Crippen LogP contribution in [0.2, 0.25) is 0 Å². The van der Waals surface area contributed by atoms with Gasteiger partial charge < -0.3 is 9.55 Å². The number of nitrogens with one attached hydrogen (secondary N) is 2. The Morgan fingerprint density at radius 1 is 1.07 bits per heavy atom. The van der Waals surface area contributed by atoms with Crippen LogP contribution in [-0.4, -0.2) is 31.8 Å². The minimum Gasteiger partial charge on any atom is -0.346 e. The molecule has 2 N–H and O–H groups in total. The zero-order valence-electron chi connectivity index (χ0n) is 16.8. The zero-order valence-corrected chi connectivity index (χ0v) is 17.6. The molecule has 1 aliphatic rings. The van der Waals surface area contributed by atoms with Crippen molar-refractivity contribution >= 4 is 23.0 Å². The van der Waals surface area contributed by atoms with Crippen LogP contribution in [0.3, 0.4) is 0 Å². The summed E-state index contributed by atoms with van der Waals surface area (Å²) in [7, 11) is 0. The number of H-pyrrole nitrogens is 1. The van der Waals surface area contributed by atoms with Gasteiger partial charge in [0.1, 0.15) is 11.5 Å². The molecule has 3 aromatic heterocycles. The molecule has 5 rings (SSSR count). The van der Waals surface area contributed by atoms with E-state index in [2.05, 4.69) is 37.6 Å². The molecule has 1 aromatic carbocycles. The van der Waals surface area contributed by atoms with E-state index in [0.717, 1.165) is 59.2 Å². The Labute approximate surface area is 179 Å². The first-order valence-corrected chi connectivity index (χ1v) is 11.5. The maximum absolute atomic E-state index is 13.5. The molecule has 0 amide bonds. The van der Waals surface area contributed by atoms with E-state index in [-0.39, 0.29) is 5.82 Å². The second-order valence-corrected chi connectivity index (χ2v) is 8.43. The lowest BCUT2D eigenvalue weighted by Gasteiger charge is -2.30. The highest BCUT2D eigenvalue weighted by Crippen LogP contribution is 2.39. The predicted octanol–water partition coefficient (Wildman–Crippen LogP) is 5.58. The van der Waals surface area contributed by atoms with Crippen molar-refractivity contribution in [2.75, 3.05) is 6.26 Å². The lowest BCUT2D eigenvalue weighted by Crippen LogP contribution is -2.29. The highest BCUT2D eigenvalue weighted by molar-refractivity contribution is 7.96. The summed E-state index contributed by atoms with van der Waals surface area (Å²) in [5, 5.41) is 1.07. The van der Waals surface area contributed by atoms with Crippen LogP contribution in [0.15, 0.2) is 55.1 Å². The molecule has 0 radical (unpaired) electrons. The number of halogens is 1. The molecule has 154 valence electrons.